The van der Waals surface area contributed by atoms with Crippen LogP contribution in [0.4, 0.5) is 5.82 Å². The number of rotatable bonds is 4. The summed E-state index contributed by atoms with van der Waals surface area (Å²) in [6.07, 6.45) is 5.82. The lowest BCUT2D eigenvalue weighted by atomic mass is 9.98. The Bertz CT molecular complexity index is 954. The van der Waals surface area contributed by atoms with E-state index < -0.39 is 0 Å². The van der Waals surface area contributed by atoms with Crippen molar-refractivity contribution in [2.24, 2.45) is 0 Å². The predicted octanol–water partition coefficient (Wildman–Crippen LogP) is 7.11. The van der Waals surface area contributed by atoms with Gasteiger partial charge < -0.3 is 4.90 Å². The van der Waals surface area contributed by atoms with Crippen molar-refractivity contribution in [2.45, 2.75) is 52.0 Å². The van der Waals surface area contributed by atoms with E-state index in [1.165, 1.54) is 40.7 Å². The maximum absolute atomic E-state index is 6.36. The molecule has 1 atom stereocenters. The first-order valence-electron chi connectivity index (χ1n) is 9.63. The van der Waals surface area contributed by atoms with Crippen molar-refractivity contribution in [3.63, 3.8) is 0 Å². The lowest BCUT2D eigenvalue weighted by Gasteiger charge is -2.36. The normalized spacial score (nSPS) is 17.6. The number of aromatic nitrogens is 2. The molecular weight excluding hydrogens is 442 g/mol. The second kappa shape index (κ2) is 8.06. The number of aryl methyl sites for hydroxylation is 1. The van der Waals surface area contributed by atoms with Crippen LogP contribution in [0.2, 0.25) is 5.28 Å². The molecule has 1 unspecified atom stereocenters. The molecule has 2 aromatic heterocycles. The summed E-state index contributed by atoms with van der Waals surface area (Å²) in [7, 11) is 0. The van der Waals surface area contributed by atoms with Crippen molar-refractivity contribution in [1.82, 2.24) is 9.97 Å². The first-order chi connectivity index (χ1) is 13.1. The van der Waals surface area contributed by atoms with Crippen LogP contribution in [-0.4, -0.2) is 22.6 Å². The monoisotopic (exact) mass is 463 g/mol. The topological polar surface area (TPSA) is 29.0 Å². The quantitative estimate of drug-likeness (QED) is 0.385. The Kier molecular flexibility index (Phi) is 5.72. The molecule has 0 saturated carbocycles. The molecule has 3 nitrogen and oxygen atoms in total. The summed E-state index contributed by atoms with van der Waals surface area (Å²) in [4.78, 5) is 14.2. The van der Waals surface area contributed by atoms with Crippen molar-refractivity contribution < 1.29 is 0 Å². The number of halogens is 2. The van der Waals surface area contributed by atoms with E-state index in [1.807, 2.05) is 0 Å². The zero-order valence-electron chi connectivity index (χ0n) is 15.6. The highest BCUT2D eigenvalue weighted by atomic mass is 79.9. The van der Waals surface area contributed by atoms with Gasteiger partial charge in [0.05, 0.1) is 5.39 Å². The van der Waals surface area contributed by atoms with Gasteiger partial charge >= 0.3 is 0 Å². The minimum atomic E-state index is 0.351. The first kappa shape index (κ1) is 19.2. The minimum Gasteiger partial charge on any atom is -0.353 e. The Morgan fingerprint density at radius 1 is 1.19 bits per heavy atom. The molecule has 1 saturated heterocycles. The molecule has 142 valence electrons. The molecule has 6 heteroatoms. The van der Waals surface area contributed by atoms with Crippen LogP contribution < -0.4 is 4.90 Å². The van der Waals surface area contributed by atoms with Gasteiger partial charge in [-0.25, -0.2) is 4.98 Å². The van der Waals surface area contributed by atoms with E-state index in [4.69, 9.17) is 16.6 Å². The summed E-state index contributed by atoms with van der Waals surface area (Å²) in [6, 6.07) is 9.08. The Hall–Kier alpha value is -1.17. The van der Waals surface area contributed by atoms with E-state index in [2.05, 4.69) is 63.9 Å². The number of nitrogens with zero attached hydrogens (tertiary/aromatic N) is 3. The lowest BCUT2D eigenvalue weighted by Crippen LogP contribution is -2.39. The minimum absolute atomic E-state index is 0.351. The van der Waals surface area contributed by atoms with Crippen LogP contribution in [-0.2, 0) is 6.42 Å². The molecule has 0 aliphatic carbocycles. The number of thiophene rings is 1. The van der Waals surface area contributed by atoms with Gasteiger partial charge in [0.15, 0.2) is 0 Å². The Morgan fingerprint density at radius 2 is 1.96 bits per heavy atom. The molecule has 3 heterocycles. The largest absolute Gasteiger partial charge is 0.353 e. The Morgan fingerprint density at radius 3 is 2.67 bits per heavy atom. The van der Waals surface area contributed by atoms with E-state index in [0.29, 0.717) is 11.3 Å². The van der Waals surface area contributed by atoms with Crippen molar-refractivity contribution in [3.05, 3.63) is 38.9 Å². The molecule has 1 aliphatic rings. The molecule has 1 fully saturated rings. The molecular formula is C21H23BrClN3S. The van der Waals surface area contributed by atoms with Crippen LogP contribution in [0.25, 0.3) is 21.3 Å². The van der Waals surface area contributed by atoms with E-state index in [0.717, 1.165) is 34.5 Å². The average Bonchev–Trinajstić information content (AvgIpc) is 3.06. The highest BCUT2D eigenvalue weighted by Crippen LogP contribution is 2.44. The fourth-order valence-electron chi connectivity index (χ4n) is 4.09. The summed E-state index contributed by atoms with van der Waals surface area (Å²) >= 11 is 11.7. The molecule has 1 aromatic carbocycles. The van der Waals surface area contributed by atoms with E-state index >= 15 is 0 Å². The van der Waals surface area contributed by atoms with Gasteiger partial charge in [-0.1, -0.05) is 41.9 Å². The highest BCUT2D eigenvalue weighted by molar-refractivity contribution is 9.10. The van der Waals surface area contributed by atoms with Gasteiger partial charge in [-0.2, -0.15) is 4.98 Å². The molecule has 1 aliphatic heterocycles. The average molecular weight is 465 g/mol. The standard InChI is InChI=1S/C21H23BrClN3S/c1-3-15-7-5-6-12-26(15)19-18-17(13-8-10-14(22)11-9-13)16(4-2)27-20(18)25-21(23)24-19/h8-11,15H,3-7,12H2,1-2H3. The van der Waals surface area contributed by atoms with Crippen LogP contribution in [0.3, 0.4) is 0 Å². The third-order valence-electron chi connectivity index (χ3n) is 5.40. The summed E-state index contributed by atoms with van der Waals surface area (Å²) < 4.78 is 1.09. The second-order valence-corrected chi connectivity index (χ2v) is 9.35. The molecule has 0 amide bonds. The number of anilines is 1. The summed E-state index contributed by atoms with van der Waals surface area (Å²) in [5.74, 6) is 1.02. The summed E-state index contributed by atoms with van der Waals surface area (Å²) in [6.45, 7) is 5.51. The number of fused-ring (bicyclic) bond motifs is 1. The number of hydrogen-bond donors (Lipinski definition) is 0. The Labute approximate surface area is 177 Å². The predicted molar refractivity (Wildman–Crippen MR) is 120 cm³/mol. The van der Waals surface area contributed by atoms with Crippen LogP contribution in [0.15, 0.2) is 28.7 Å². The smallest absolute Gasteiger partial charge is 0.225 e. The van der Waals surface area contributed by atoms with E-state index in [1.54, 1.807) is 11.3 Å². The molecule has 0 N–H and O–H groups in total. The Balaban J connectivity index is 1.98. The number of benzene rings is 1. The molecule has 0 spiro atoms. The third-order valence-corrected chi connectivity index (χ3v) is 7.33. The molecule has 0 bridgehead atoms. The molecule has 27 heavy (non-hydrogen) atoms. The van der Waals surface area contributed by atoms with Gasteiger partial charge in [0, 0.05) is 27.5 Å². The zero-order valence-corrected chi connectivity index (χ0v) is 18.8. The second-order valence-electron chi connectivity index (χ2n) is 7.01. The fraction of sp³-hybridized carbons (Fsp3) is 0.429. The van der Waals surface area contributed by atoms with Crippen molar-refractivity contribution in [1.29, 1.82) is 0 Å². The van der Waals surface area contributed by atoms with Crippen LogP contribution in [0.1, 0.15) is 44.4 Å². The maximum Gasteiger partial charge on any atom is 0.225 e. The lowest BCUT2D eigenvalue weighted by molar-refractivity contribution is 0.448. The fourth-order valence-corrected chi connectivity index (χ4v) is 5.69. The van der Waals surface area contributed by atoms with Crippen LogP contribution in [0, 0.1) is 0 Å². The molecule has 0 radical (unpaired) electrons. The van der Waals surface area contributed by atoms with E-state index in [-0.39, 0.29) is 0 Å². The van der Waals surface area contributed by atoms with Crippen molar-refractivity contribution in [3.8, 4) is 11.1 Å². The van der Waals surface area contributed by atoms with Gasteiger partial charge in [-0.3, -0.25) is 0 Å². The van der Waals surface area contributed by atoms with Crippen LogP contribution in [0.5, 0.6) is 0 Å². The summed E-state index contributed by atoms with van der Waals surface area (Å²) in [5.41, 5.74) is 2.50. The highest BCUT2D eigenvalue weighted by Gasteiger charge is 2.27. The van der Waals surface area contributed by atoms with Crippen LogP contribution >= 0.6 is 38.9 Å². The zero-order chi connectivity index (χ0) is 19.0. The van der Waals surface area contributed by atoms with E-state index in [9.17, 15) is 0 Å². The molecule has 3 aromatic rings. The van der Waals surface area contributed by atoms with Gasteiger partial charge in [0.1, 0.15) is 10.6 Å². The third kappa shape index (κ3) is 3.62. The SMILES string of the molecule is CCc1sc2nc(Cl)nc(N3CCCCC3CC)c2c1-c1ccc(Br)cc1. The van der Waals surface area contributed by atoms with Gasteiger partial charge in [-0.05, 0) is 61.4 Å². The van der Waals surface area contributed by atoms with Crippen molar-refractivity contribution >= 4 is 54.9 Å². The number of piperidine rings is 1. The first-order valence-corrected chi connectivity index (χ1v) is 11.6. The maximum atomic E-state index is 6.36. The van der Waals surface area contributed by atoms with Gasteiger partial charge in [0.2, 0.25) is 5.28 Å². The number of hydrogen-bond acceptors (Lipinski definition) is 4. The molecule has 4 rings (SSSR count). The van der Waals surface area contributed by atoms with Gasteiger partial charge in [-0.15, -0.1) is 11.3 Å². The summed E-state index contributed by atoms with van der Waals surface area (Å²) in [5, 5.41) is 1.52. The van der Waals surface area contributed by atoms with Crippen molar-refractivity contribution in [2.75, 3.05) is 11.4 Å². The van der Waals surface area contributed by atoms with Gasteiger partial charge in [0.25, 0.3) is 0 Å².